The van der Waals surface area contributed by atoms with Crippen LogP contribution in [0.25, 0.3) is 0 Å². The van der Waals surface area contributed by atoms with Crippen LogP contribution in [-0.2, 0) is 0 Å². The summed E-state index contributed by atoms with van der Waals surface area (Å²) in [5.41, 5.74) is -1.69. The van der Waals surface area contributed by atoms with Crippen LogP contribution >= 0.6 is 0 Å². The van der Waals surface area contributed by atoms with Gasteiger partial charge >= 0.3 is 5.69 Å². The summed E-state index contributed by atoms with van der Waals surface area (Å²) < 4.78 is 26.8. The molecule has 0 bridgehead atoms. The maximum Gasteiger partial charge on any atom is 0.308 e. The zero-order valence-corrected chi connectivity index (χ0v) is 10.4. The third-order valence-corrected chi connectivity index (χ3v) is 2.53. The topological polar surface area (TPSA) is 72.2 Å². The van der Waals surface area contributed by atoms with Crippen molar-refractivity contribution in [2.75, 3.05) is 6.54 Å². The van der Waals surface area contributed by atoms with Gasteiger partial charge < -0.3 is 5.32 Å². The quantitative estimate of drug-likeness (QED) is 0.491. The molecule has 104 valence electrons. The van der Waals surface area contributed by atoms with Gasteiger partial charge in [0.15, 0.2) is 0 Å². The number of nitrogens with zero attached hydrogens (tertiary/aromatic N) is 1. The van der Waals surface area contributed by atoms with Crippen LogP contribution in [0.15, 0.2) is 12.1 Å². The SMILES string of the molecule is CCCCCNC(=O)c1cc(F)cc([N+](=O)[O-])c1F. The number of unbranched alkanes of at least 4 members (excludes halogenated alkanes) is 2. The van der Waals surface area contributed by atoms with Crippen LogP contribution in [0.3, 0.4) is 0 Å². The molecule has 0 fully saturated rings. The molecule has 7 heteroatoms. The summed E-state index contributed by atoms with van der Waals surface area (Å²) in [5.74, 6) is -3.19. The summed E-state index contributed by atoms with van der Waals surface area (Å²) in [6.45, 7) is 2.30. The van der Waals surface area contributed by atoms with Crippen LogP contribution in [0, 0.1) is 21.7 Å². The highest BCUT2D eigenvalue weighted by Gasteiger charge is 2.23. The lowest BCUT2D eigenvalue weighted by Gasteiger charge is -2.06. The van der Waals surface area contributed by atoms with E-state index in [0.717, 1.165) is 12.8 Å². The minimum Gasteiger partial charge on any atom is -0.352 e. The van der Waals surface area contributed by atoms with Gasteiger partial charge in [-0.15, -0.1) is 0 Å². The number of halogens is 2. The van der Waals surface area contributed by atoms with E-state index in [2.05, 4.69) is 5.32 Å². The minimum absolute atomic E-state index is 0.316. The van der Waals surface area contributed by atoms with Crippen LogP contribution < -0.4 is 5.32 Å². The Morgan fingerprint density at radius 3 is 2.63 bits per heavy atom. The lowest BCUT2D eigenvalue weighted by Crippen LogP contribution is -2.25. The number of rotatable bonds is 6. The summed E-state index contributed by atoms with van der Waals surface area (Å²) in [6, 6.07) is 1.10. The molecule has 0 aliphatic heterocycles. The fraction of sp³-hybridized carbons (Fsp3) is 0.417. The summed E-state index contributed by atoms with van der Waals surface area (Å²) in [5, 5.41) is 12.9. The molecule has 19 heavy (non-hydrogen) atoms. The first-order valence-corrected chi connectivity index (χ1v) is 5.89. The zero-order chi connectivity index (χ0) is 14.4. The fourth-order valence-electron chi connectivity index (χ4n) is 1.55. The van der Waals surface area contributed by atoms with Gasteiger partial charge in [0.2, 0.25) is 5.82 Å². The third-order valence-electron chi connectivity index (χ3n) is 2.53. The van der Waals surface area contributed by atoms with Gasteiger partial charge in [0.1, 0.15) is 5.82 Å². The molecule has 1 amide bonds. The van der Waals surface area contributed by atoms with E-state index in [1.807, 2.05) is 6.92 Å². The van der Waals surface area contributed by atoms with E-state index in [4.69, 9.17) is 0 Å². The monoisotopic (exact) mass is 272 g/mol. The average Bonchev–Trinajstić information content (AvgIpc) is 2.36. The molecule has 0 atom stereocenters. The van der Waals surface area contributed by atoms with Crippen molar-refractivity contribution >= 4 is 11.6 Å². The number of nitrogens with one attached hydrogen (secondary N) is 1. The standard InChI is InChI=1S/C12H14F2N2O3/c1-2-3-4-5-15-12(17)9-6-8(13)7-10(11(9)14)16(18)19/h6-7H,2-5H2,1H3,(H,15,17). The first-order chi connectivity index (χ1) is 8.97. The summed E-state index contributed by atoms with van der Waals surface area (Å²) >= 11 is 0. The van der Waals surface area contributed by atoms with Crippen molar-refractivity contribution in [3.05, 3.63) is 39.4 Å². The third kappa shape index (κ3) is 3.97. The van der Waals surface area contributed by atoms with Crippen molar-refractivity contribution in [3.8, 4) is 0 Å². The highest BCUT2D eigenvalue weighted by atomic mass is 19.1. The van der Waals surface area contributed by atoms with Gasteiger partial charge in [-0.1, -0.05) is 19.8 Å². The Morgan fingerprint density at radius 1 is 1.37 bits per heavy atom. The van der Waals surface area contributed by atoms with E-state index < -0.39 is 33.7 Å². The number of benzene rings is 1. The van der Waals surface area contributed by atoms with E-state index in [1.54, 1.807) is 0 Å². The summed E-state index contributed by atoms with van der Waals surface area (Å²) in [4.78, 5) is 21.1. The van der Waals surface area contributed by atoms with E-state index >= 15 is 0 Å². The molecule has 0 aliphatic rings. The molecule has 1 aromatic carbocycles. The predicted octanol–water partition coefficient (Wildman–Crippen LogP) is 2.79. The predicted molar refractivity (Wildman–Crippen MR) is 64.9 cm³/mol. The van der Waals surface area contributed by atoms with Crippen LogP contribution in [0.4, 0.5) is 14.5 Å². The molecule has 0 aromatic heterocycles. The molecule has 0 radical (unpaired) electrons. The van der Waals surface area contributed by atoms with Crippen molar-refractivity contribution in [1.82, 2.24) is 5.32 Å². The van der Waals surface area contributed by atoms with Crippen molar-refractivity contribution in [2.24, 2.45) is 0 Å². The maximum absolute atomic E-state index is 13.7. The number of hydrogen-bond donors (Lipinski definition) is 1. The number of carbonyl (C=O) groups excluding carboxylic acids is 1. The van der Waals surface area contributed by atoms with Crippen LogP contribution in [0.2, 0.25) is 0 Å². The lowest BCUT2D eigenvalue weighted by molar-refractivity contribution is -0.387. The van der Waals surface area contributed by atoms with Crippen molar-refractivity contribution < 1.29 is 18.5 Å². The van der Waals surface area contributed by atoms with Gasteiger partial charge in [0, 0.05) is 6.54 Å². The number of carbonyl (C=O) groups is 1. The lowest BCUT2D eigenvalue weighted by atomic mass is 10.1. The smallest absolute Gasteiger partial charge is 0.308 e. The number of nitro groups is 1. The first kappa shape index (κ1) is 15.0. The minimum atomic E-state index is -1.32. The Morgan fingerprint density at radius 2 is 2.05 bits per heavy atom. The molecule has 1 aromatic rings. The van der Waals surface area contributed by atoms with E-state index in [9.17, 15) is 23.7 Å². The van der Waals surface area contributed by atoms with Crippen molar-refractivity contribution in [2.45, 2.75) is 26.2 Å². The number of amides is 1. The van der Waals surface area contributed by atoms with Gasteiger partial charge in [-0.05, 0) is 12.5 Å². The Labute approximate surface area is 108 Å². The van der Waals surface area contributed by atoms with E-state index in [-0.39, 0.29) is 0 Å². The molecule has 1 N–H and O–H groups in total. The number of nitro benzene ring substituents is 1. The molecule has 0 saturated heterocycles. The molecule has 0 saturated carbocycles. The Bertz CT molecular complexity index is 492. The van der Waals surface area contributed by atoms with Crippen LogP contribution in [-0.4, -0.2) is 17.4 Å². The zero-order valence-electron chi connectivity index (χ0n) is 10.4. The van der Waals surface area contributed by atoms with Crippen molar-refractivity contribution in [3.63, 3.8) is 0 Å². The van der Waals surface area contributed by atoms with Crippen molar-refractivity contribution in [1.29, 1.82) is 0 Å². The molecule has 0 heterocycles. The van der Waals surface area contributed by atoms with E-state index in [0.29, 0.717) is 25.1 Å². The Hall–Kier alpha value is -2.05. The fourth-order valence-corrected chi connectivity index (χ4v) is 1.55. The first-order valence-electron chi connectivity index (χ1n) is 5.89. The van der Waals surface area contributed by atoms with Crippen LogP contribution in [0.5, 0.6) is 0 Å². The van der Waals surface area contributed by atoms with Gasteiger partial charge in [0.05, 0.1) is 16.6 Å². The number of hydrogen-bond acceptors (Lipinski definition) is 3. The van der Waals surface area contributed by atoms with E-state index in [1.165, 1.54) is 0 Å². The summed E-state index contributed by atoms with van der Waals surface area (Å²) in [7, 11) is 0. The van der Waals surface area contributed by atoms with Gasteiger partial charge in [-0.3, -0.25) is 14.9 Å². The molecule has 5 nitrogen and oxygen atoms in total. The molecule has 0 spiro atoms. The van der Waals surface area contributed by atoms with Gasteiger partial charge in [0.25, 0.3) is 5.91 Å². The second-order valence-electron chi connectivity index (χ2n) is 4.01. The van der Waals surface area contributed by atoms with Gasteiger partial charge in [-0.2, -0.15) is 4.39 Å². The molecular formula is C12H14F2N2O3. The summed E-state index contributed by atoms with van der Waals surface area (Å²) in [6.07, 6.45) is 2.56. The largest absolute Gasteiger partial charge is 0.352 e. The molecule has 1 rings (SSSR count). The second kappa shape index (κ2) is 6.77. The Balaban J connectivity index is 2.88. The van der Waals surface area contributed by atoms with Crippen LogP contribution in [0.1, 0.15) is 36.5 Å². The maximum atomic E-state index is 13.7. The molecule has 0 unspecified atom stereocenters. The molecule has 0 aliphatic carbocycles. The average molecular weight is 272 g/mol. The molecular weight excluding hydrogens is 258 g/mol. The highest BCUT2D eigenvalue weighted by Crippen LogP contribution is 2.22. The van der Waals surface area contributed by atoms with Gasteiger partial charge in [-0.25, -0.2) is 4.39 Å². The second-order valence-corrected chi connectivity index (χ2v) is 4.01. The normalized spacial score (nSPS) is 10.3. The highest BCUT2D eigenvalue weighted by molar-refractivity contribution is 5.95. The Kier molecular flexibility index (Phi) is 5.35.